The van der Waals surface area contributed by atoms with Crippen molar-refractivity contribution in [2.24, 2.45) is 0 Å². The van der Waals surface area contributed by atoms with Gasteiger partial charge in [0.2, 0.25) is 0 Å². The number of nitrogens with zero attached hydrogens (tertiary/aromatic N) is 1. The molecule has 1 aromatic carbocycles. The molecule has 0 unspecified atom stereocenters. The Hall–Kier alpha value is -0.860. The van der Waals surface area contributed by atoms with Gasteiger partial charge in [-0.1, -0.05) is 45.0 Å². The molecule has 0 aliphatic carbocycles. The molecule has 0 aliphatic rings. The summed E-state index contributed by atoms with van der Waals surface area (Å²) in [6.45, 7) is 11.0. The van der Waals surface area contributed by atoms with E-state index >= 15 is 0 Å². The predicted molar refractivity (Wildman–Crippen MR) is 80.0 cm³/mol. The van der Waals surface area contributed by atoms with Crippen LogP contribution in [-0.4, -0.2) is 31.6 Å². The average molecular weight is 248 g/mol. The minimum absolute atomic E-state index is 0.620. The Morgan fingerprint density at radius 3 is 2.33 bits per heavy atom. The Morgan fingerprint density at radius 1 is 1.11 bits per heavy atom. The molecule has 0 fully saturated rings. The van der Waals surface area contributed by atoms with Crippen molar-refractivity contribution in [2.75, 3.05) is 26.7 Å². The predicted octanol–water partition coefficient (Wildman–Crippen LogP) is 3.24. The quantitative estimate of drug-likeness (QED) is 0.711. The van der Waals surface area contributed by atoms with Crippen LogP contribution in [0.25, 0.3) is 0 Å². The molecule has 2 heteroatoms. The van der Waals surface area contributed by atoms with E-state index in [4.69, 9.17) is 0 Å². The highest BCUT2D eigenvalue weighted by atomic mass is 15.1. The van der Waals surface area contributed by atoms with Gasteiger partial charge in [-0.25, -0.2) is 0 Å². The number of benzene rings is 1. The van der Waals surface area contributed by atoms with Crippen molar-refractivity contribution in [1.29, 1.82) is 0 Å². The van der Waals surface area contributed by atoms with Crippen molar-refractivity contribution < 1.29 is 0 Å². The van der Waals surface area contributed by atoms with Crippen molar-refractivity contribution in [2.45, 2.75) is 39.7 Å². The topological polar surface area (TPSA) is 15.3 Å². The number of likely N-dealkylation sites (N-methyl/N-ethyl adjacent to an activating group) is 1. The smallest absolute Gasteiger partial charge is 0.0231 e. The van der Waals surface area contributed by atoms with Crippen LogP contribution < -0.4 is 5.32 Å². The Balaban J connectivity index is 2.32. The lowest BCUT2D eigenvalue weighted by Crippen LogP contribution is -2.29. The van der Waals surface area contributed by atoms with Crippen molar-refractivity contribution >= 4 is 0 Å². The fourth-order valence-electron chi connectivity index (χ4n) is 1.97. The third kappa shape index (κ3) is 5.65. The van der Waals surface area contributed by atoms with Crippen LogP contribution >= 0.6 is 0 Å². The summed E-state index contributed by atoms with van der Waals surface area (Å²) in [4.78, 5) is 2.37. The highest BCUT2D eigenvalue weighted by Crippen LogP contribution is 2.15. The van der Waals surface area contributed by atoms with E-state index in [1.165, 1.54) is 17.5 Å². The summed E-state index contributed by atoms with van der Waals surface area (Å²) in [6, 6.07) is 9.02. The number of hydrogen-bond acceptors (Lipinski definition) is 2. The monoisotopic (exact) mass is 248 g/mol. The van der Waals surface area contributed by atoms with Crippen LogP contribution in [0.5, 0.6) is 0 Å². The summed E-state index contributed by atoms with van der Waals surface area (Å²) in [7, 11) is 2.18. The van der Waals surface area contributed by atoms with Gasteiger partial charge in [-0.2, -0.15) is 0 Å². The van der Waals surface area contributed by atoms with Crippen LogP contribution in [0.4, 0.5) is 0 Å². The molecule has 0 amide bonds. The van der Waals surface area contributed by atoms with E-state index in [9.17, 15) is 0 Å². The van der Waals surface area contributed by atoms with E-state index < -0.39 is 0 Å². The lowest BCUT2D eigenvalue weighted by atomic mass is 10.0. The van der Waals surface area contributed by atoms with E-state index in [1.807, 2.05) is 0 Å². The molecule has 0 aliphatic heterocycles. The van der Waals surface area contributed by atoms with E-state index in [0.29, 0.717) is 5.92 Å². The molecule has 0 spiro atoms. The van der Waals surface area contributed by atoms with Crippen LogP contribution in [-0.2, 0) is 6.54 Å². The zero-order valence-corrected chi connectivity index (χ0v) is 12.4. The Labute approximate surface area is 112 Å². The van der Waals surface area contributed by atoms with Gasteiger partial charge in [0, 0.05) is 19.6 Å². The van der Waals surface area contributed by atoms with E-state index in [2.05, 4.69) is 62.3 Å². The van der Waals surface area contributed by atoms with Gasteiger partial charge in [0.1, 0.15) is 0 Å². The van der Waals surface area contributed by atoms with Gasteiger partial charge in [0.05, 0.1) is 0 Å². The molecular formula is C16H28N2. The zero-order chi connectivity index (χ0) is 13.4. The Bertz CT molecular complexity index is 316. The first-order valence-corrected chi connectivity index (χ1v) is 7.11. The summed E-state index contributed by atoms with van der Waals surface area (Å²) in [5.74, 6) is 0.620. The largest absolute Gasteiger partial charge is 0.315 e. The fraction of sp³-hybridized carbons (Fsp3) is 0.625. The molecule has 0 aromatic heterocycles. The summed E-state index contributed by atoms with van der Waals surface area (Å²) in [6.07, 6.45) is 1.21. The standard InChI is InChI=1S/C16H28N2/c1-5-10-17-11-12-18(4)13-15-6-8-16(9-7-15)14(2)3/h6-9,14,17H,5,10-13H2,1-4H3. The van der Waals surface area contributed by atoms with Gasteiger partial charge in [-0.3, -0.25) is 0 Å². The van der Waals surface area contributed by atoms with Gasteiger partial charge < -0.3 is 10.2 Å². The van der Waals surface area contributed by atoms with Crippen molar-refractivity contribution in [3.8, 4) is 0 Å². The molecule has 1 aromatic rings. The first-order chi connectivity index (χ1) is 8.63. The Kier molecular flexibility index (Phi) is 6.99. The average Bonchev–Trinajstić information content (AvgIpc) is 2.35. The molecule has 0 atom stereocenters. The first kappa shape index (κ1) is 15.2. The number of hydrogen-bond donors (Lipinski definition) is 1. The van der Waals surface area contributed by atoms with E-state index in [1.54, 1.807) is 0 Å². The summed E-state index contributed by atoms with van der Waals surface area (Å²) >= 11 is 0. The molecule has 0 saturated carbocycles. The maximum atomic E-state index is 3.43. The summed E-state index contributed by atoms with van der Waals surface area (Å²) in [5, 5.41) is 3.43. The molecule has 102 valence electrons. The van der Waals surface area contributed by atoms with Gasteiger partial charge in [0.25, 0.3) is 0 Å². The van der Waals surface area contributed by atoms with Gasteiger partial charge >= 0.3 is 0 Å². The minimum atomic E-state index is 0.620. The van der Waals surface area contributed by atoms with Gasteiger partial charge in [0.15, 0.2) is 0 Å². The summed E-state index contributed by atoms with van der Waals surface area (Å²) in [5.41, 5.74) is 2.82. The minimum Gasteiger partial charge on any atom is -0.315 e. The number of nitrogens with one attached hydrogen (secondary N) is 1. The van der Waals surface area contributed by atoms with Crippen molar-refractivity contribution in [3.05, 3.63) is 35.4 Å². The molecule has 2 nitrogen and oxygen atoms in total. The van der Waals surface area contributed by atoms with Crippen LogP contribution in [0.3, 0.4) is 0 Å². The van der Waals surface area contributed by atoms with Crippen LogP contribution in [0.1, 0.15) is 44.2 Å². The van der Waals surface area contributed by atoms with Crippen LogP contribution in [0.2, 0.25) is 0 Å². The second-order valence-electron chi connectivity index (χ2n) is 5.38. The highest BCUT2D eigenvalue weighted by molar-refractivity contribution is 5.24. The second kappa shape index (κ2) is 8.28. The molecule has 1 N–H and O–H groups in total. The van der Waals surface area contributed by atoms with E-state index in [-0.39, 0.29) is 0 Å². The van der Waals surface area contributed by atoms with Crippen LogP contribution in [0, 0.1) is 0 Å². The molecular weight excluding hydrogens is 220 g/mol. The second-order valence-corrected chi connectivity index (χ2v) is 5.38. The van der Waals surface area contributed by atoms with Crippen molar-refractivity contribution in [1.82, 2.24) is 10.2 Å². The summed E-state index contributed by atoms with van der Waals surface area (Å²) < 4.78 is 0. The molecule has 0 bridgehead atoms. The highest BCUT2D eigenvalue weighted by Gasteiger charge is 2.02. The van der Waals surface area contributed by atoms with Gasteiger partial charge in [-0.05, 0) is 37.1 Å². The molecule has 0 radical (unpaired) electrons. The van der Waals surface area contributed by atoms with Gasteiger partial charge in [-0.15, -0.1) is 0 Å². The third-order valence-electron chi connectivity index (χ3n) is 3.20. The lowest BCUT2D eigenvalue weighted by Gasteiger charge is -2.17. The maximum absolute atomic E-state index is 3.43. The molecule has 18 heavy (non-hydrogen) atoms. The fourth-order valence-corrected chi connectivity index (χ4v) is 1.97. The molecule has 0 saturated heterocycles. The zero-order valence-electron chi connectivity index (χ0n) is 12.4. The van der Waals surface area contributed by atoms with Crippen LogP contribution in [0.15, 0.2) is 24.3 Å². The van der Waals surface area contributed by atoms with E-state index in [0.717, 1.165) is 26.2 Å². The van der Waals surface area contributed by atoms with Crippen molar-refractivity contribution in [3.63, 3.8) is 0 Å². The third-order valence-corrected chi connectivity index (χ3v) is 3.20. The normalized spacial score (nSPS) is 11.4. The first-order valence-electron chi connectivity index (χ1n) is 7.11. The SMILES string of the molecule is CCCNCCN(C)Cc1ccc(C(C)C)cc1. The Morgan fingerprint density at radius 2 is 1.78 bits per heavy atom. The lowest BCUT2D eigenvalue weighted by molar-refractivity contribution is 0.324. The molecule has 1 rings (SSSR count). The molecule has 0 heterocycles. The maximum Gasteiger partial charge on any atom is 0.0231 e. The number of rotatable bonds is 8.